The lowest BCUT2D eigenvalue weighted by Crippen LogP contribution is -2.16. The molecule has 0 aromatic heterocycles. The molecule has 0 saturated carbocycles. The van der Waals surface area contributed by atoms with Gasteiger partial charge in [-0.05, 0) is 25.8 Å². The number of benzene rings is 1. The first-order chi connectivity index (χ1) is 8.91. The minimum Gasteiger partial charge on any atom is -0.487 e. The second kappa shape index (κ2) is 7.36. The molecule has 2 unspecified atom stereocenters. The van der Waals surface area contributed by atoms with Gasteiger partial charge in [-0.3, -0.25) is 0 Å². The van der Waals surface area contributed by atoms with Crippen LogP contribution in [-0.2, 0) is 0 Å². The highest BCUT2D eigenvalue weighted by molar-refractivity contribution is 5.48. The van der Waals surface area contributed by atoms with Gasteiger partial charge < -0.3 is 19.7 Å². The first-order valence-corrected chi connectivity index (χ1v) is 6.66. The van der Waals surface area contributed by atoms with Crippen LogP contribution < -0.4 is 9.47 Å². The van der Waals surface area contributed by atoms with Crippen LogP contribution in [0.25, 0.3) is 0 Å². The number of aliphatic hydroxyl groups is 2. The quantitative estimate of drug-likeness (QED) is 0.797. The summed E-state index contributed by atoms with van der Waals surface area (Å²) in [5.41, 5.74) is 1.03. The minimum absolute atomic E-state index is 0.215. The third-order valence-electron chi connectivity index (χ3n) is 2.58. The normalized spacial score (nSPS) is 14.3. The molecule has 0 aliphatic carbocycles. The molecule has 2 atom stereocenters. The standard InChI is InChI=1S/C15H24O4/c1-10(2)13-6-5-7-14(18-8-11(3)16)15(13)19-9-12(4)17/h5-7,10-12,16-17H,8-9H2,1-4H3. The zero-order valence-electron chi connectivity index (χ0n) is 12.1. The number of para-hydroxylation sites is 1. The lowest BCUT2D eigenvalue weighted by molar-refractivity contribution is 0.106. The van der Waals surface area contributed by atoms with Crippen molar-refractivity contribution in [3.05, 3.63) is 23.8 Å². The number of hydrogen-bond donors (Lipinski definition) is 2. The Balaban J connectivity index is 2.96. The summed E-state index contributed by atoms with van der Waals surface area (Å²) in [5.74, 6) is 1.55. The Morgan fingerprint density at radius 2 is 1.53 bits per heavy atom. The minimum atomic E-state index is -0.537. The van der Waals surface area contributed by atoms with E-state index in [0.717, 1.165) is 5.56 Å². The lowest BCUT2D eigenvalue weighted by atomic mass is 10.0. The fourth-order valence-electron chi connectivity index (χ4n) is 1.67. The number of aliphatic hydroxyl groups excluding tert-OH is 2. The third kappa shape index (κ3) is 5.09. The number of hydrogen-bond acceptors (Lipinski definition) is 4. The maximum atomic E-state index is 9.35. The van der Waals surface area contributed by atoms with Crippen LogP contribution in [0, 0.1) is 0 Å². The van der Waals surface area contributed by atoms with Crippen molar-refractivity contribution in [1.29, 1.82) is 0 Å². The highest BCUT2D eigenvalue weighted by Gasteiger charge is 2.15. The average Bonchev–Trinajstić information content (AvgIpc) is 2.33. The predicted molar refractivity (Wildman–Crippen MR) is 74.9 cm³/mol. The van der Waals surface area contributed by atoms with E-state index in [9.17, 15) is 10.2 Å². The molecule has 19 heavy (non-hydrogen) atoms. The summed E-state index contributed by atoms with van der Waals surface area (Å²) in [7, 11) is 0. The summed E-state index contributed by atoms with van der Waals surface area (Å²) in [6.45, 7) is 7.92. The van der Waals surface area contributed by atoms with Gasteiger partial charge in [0.2, 0.25) is 0 Å². The van der Waals surface area contributed by atoms with Crippen molar-refractivity contribution in [3.63, 3.8) is 0 Å². The van der Waals surface area contributed by atoms with E-state index in [1.807, 2.05) is 18.2 Å². The smallest absolute Gasteiger partial charge is 0.164 e. The van der Waals surface area contributed by atoms with Gasteiger partial charge in [0.25, 0.3) is 0 Å². The van der Waals surface area contributed by atoms with Crippen molar-refractivity contribution in [2.75, 3.05) is 13.2 Å². The molecule has 0 aliphatic rings. The van der Waals surface area contributed by atoms with Crippen molar-refractivity contribution in [1.82, 2.24) is 0 Å². The topological polar surface area (TPSA) is 58.9 Å². The summed E-state index contributed by atoms with van der Waals surface area (Å²) < 4.78 is 11.2. The Hall–Kier alpha value is -1.26. The van der Waals surface area contributed by atoms with Gasteiger partial charge in [-0.1, -0.05) is 26.0 Å². The molecule has 0 saturated heterocycles. The molecular weight excluding hydrogens is 244 g/mol. The van der Waals surface area contributed by atoms with Gasteiger partial charge in [0.15, 0.2) is 11.5 Å². The van der Waals surface area contributed by atoms with Gasteiger partial charge in [-0.25, -0.2) is 0 Å². The molecule has 0 spiro atoms. The molecule has 4 heteroatoms. The molecular formula is C15H24O4. The Morgan fingerprint density at radius 1 is 0.947 bits per heavy atom. The lowest BCUT2D eigenvalue weighted by Gasteiger charge is -2.19. The largest absolute Gasteiger partial charge is 0.487 e. The van der Waals surface area contributed by atoms with Crippen LogP contribution in [0.1, 0.15) is 39.2 Å². The maximum absolute atomic E-state index is 9.35. The summed E-state index contributed by atoms with van der Waals surface area (Å²) in [4.78, 5) is 0. The van der Waals surface area contributed by atoms with Crippen LogP contribution in [0.5, 0.6) is 11.5 Å². The fraction of sp³-hybridized carbons (Fsp3) is 0.600. The monoisotopic (exact) mass is 268 g/mol. The van der Waals surface area contributed by atoms with Crippen LogP contribution >= 0.6 is 0 Å². The molecule has 1 aromatic carbocycles. The van der Waals surface area contributed by atoms with Crippen LogP contribution in [0.4, 0.5) is 0 Å². The summed E-state index contributed by atoms with van der Waals surface area (Å²) in [5, 5.41) is 18.6. The summed E-state index contributed by atoms with van der Waals surface area (Å²) in [6.07, 6.45) is -1.07. The van der Waals surface area contributed by atoms with Crippen molar-refractivity contribution >= 4 is 0 Å². The van der Waals surface area contributed by atoms with E-state index in [1.54, 1.807) is 13.8 Å². The second-order valence-electron chi connectivity index (χ2n) is 5.15. The first-order valence-electron chi connectivity index (χ1n) is 6.66. The van der Waals surface area contributed by atoms with Crippen molar-refractivity contribution in [3.8, 4) is 11.5 Å². The van der Waals surface area contributed by atoms with Crippen LogP contribution in [0.3, 0.4) is 0 Å². The van der Waals surface area contributed by atoms with E-state index in [2.05, 4.69) is 13.8 Å². The molecule has 0 aliphatic heterocycles. The van der Waals surface area contributed by atoms with Gasteiger partial charge in [0, 0.05) is 5.56 Å². The van der Waals surface area contributed by atoms with Crippen molar-refractivity contribution < 1.29 is 19.7 Å². The Bertz CT molecular complexity index is 386. The highest BCUT2D eigenvalue weighted by Crippen LogP contribution is 2.35. The maximum Gasteiger partial charge on any atom is 0.164 e. The molecule has 4 nitrogen and oxygen atoms in total. The predicted octanol–water partition coefficient (Wildman–Crippen LogP) is 2.33. The van der Waals surface area contributed by atoms with Crippen LogP contribution in [0.15, 0.2) is 18.2 Å². The van der Waals surface area contributed by atoms with E-state index < -0.39 is 12.2 Å². The Morgan fingerprint density at radius 3 is 2.05 bits per heavy atom. The number of rotatable bonds is 7. The molecule has 2 N–H and O–H groups in total. The van der Waals surface area contributed by atoms with Gasteiger partial charge in [0.05, 0.1) is 12.2 Å². The third-order valence-corrected chi connectivity index (χ3v) is 2.58. The molecule has 108 valence electrons. The molecule has 0 radical (unpaired) electrons. The fourth-order valence-corrected chi connectivity index (χ4v) is 1.67. The van der Waals surface area contributed by atoms with Gasteiger partial charge >= 0.3 is 0 Å². The Kier molecular flexibility index (Phi) is 6.12. The van der Waals surface area contributed by atoms with Crippen molar-refractivity contribution in [2.45, 2.75) is 45.8 Å². The van der Waals surface area contributed by atoms with E-state index in [1.165, 1.54) is 0 Å². The van der Waals surface area contributed by atoms with Gasteiger partial charge in [-0.2, -0.15) is 0 Å². The zero-order chi connectivity index (χ0) is 14.4. The van der Waals surface area contributed by atoms with E-state index >= 15 is 0 Å². The molecule has 0 fully saturated rings. The zero-order valence-corrected chi connectivity index (χ0v) is 12.1. The average molecular weight is 268 g/mol. The Labute approximate surface area is 115 Å². The van der Waals surface area contributed by atoms with E-state index in [0.29, 0.717) is 17.4 Å². The molecule has 1 aromatic rings. The molecule has 1 rings (SSSR count). The second-order valence-corrected chi connectivity index (χ2v) is 5.15. The molecule has 0 heterocycles. The summed E-state index contributed by atoms with van der Waals surface area (Å²) >= 11 is 0. The SMILES string of the molecule is CC(O)COc1cccc(C(C)C)c1OCC(C)O. The van der Waals surface area contributed by atoms with Crippen LogP contribution in [-0.4, -0.2) is 35.6 Å². The van der Waals surface area contributed by atoms with E-state index in [4.69, 9.17) is 9.47 Å². The van der Waals surface area contributed by atoms with Crippen molar-refractivity contribution in [2.24, 2.45) is 0 Å². The first kappa shape index (κ1) is 15.8. The van der Waals surface area contributed by atoms with Crippen LogP contribution in [0.2, 0.25) is 0 Å². The number of ether oxygens (including phenoxy) is 2. The van der Waals surface area contributed by atoms with Gasteiger partial charge in [0.1, 0.15) is 13.2 Å². The highest BCUT2D eigenvalue weighted by atomic mass is 16.5. The van der Waals surface area contributed by atoms with Gasteiger partial charge in [-0.15, -0.1) is 0 Å². The summed E-state index contributed by atoms with van der Waals surface area (Å²) in [6, 6.07) is 5.70. The molecule has 0 bridgehead atoms. The van der Waals surface area contributed by atoms with E-state index in [-0.39, 0.29) is 13.2 Å². The molecule has 0 amide bonds.